The zero-order valence-corrected chi connectivity index (χ0v) is 14.3. The van der Waals surface area contributed by atoms with E-state index >= 15 is 0 Å². The second-order valence-corrected chi connectivity index (χ2v) is 7.36. The van der Waals surface area contributed by atoms with E-state index in [0.717, 1.165) is 31.2 Å². The van der Waals surface area contributed by atoms with E-state index < -0.39 is 0 Å². The van der Waals surface area contributed by atoms with Crippen LogP contribution in [0.2, 0.25) is 0 Å². The standard InChI is InChI=1S/C19H31NO/c1-6-15-7-10-18(17(13-15)19(3,4)5)21-12-11-20-14(2)16-8-9-16/h7,10,13-14,16,20H,6,8-9,11-12H2,1-5H3. The third-order valence-corrected chi connectivity index (χ3v) is 4.42. The summed E-state index contributed by atoms with van der Waals surface area (Å²) in [6.07, 6.45) is 3.85. The number of ether oxygens (including phenoxy) is 1. The molecule has 1 aliphatic rings. The van der Waals surface area contributed by atoms with Crippen molar-refractivity contribution >= 4 is 0 Å². The molecule has 1 aliphatic carbocycles. The molecule has 0 heterocycles. The van der Waals surface area contributed by atoms with Crippen molar-refractivity contribution in [1.29, 1.82) is 0 Å². The summed E-state index contributed by atoms with van der Waals surface area (Å²) in [6, 6.07) is 7.27. The van der Waals surface area contributed by atoms with Gasteiger partial charge in [-0.3, -0.25) is 0 Å². The smallest absolute Gasteiger partial charge is 0.123 e. The van der Waals surface area contributed by atoms with Gasteiger partial charge < -0.3 is 10.1 Å². The molecule has 0 bridgehead atoms. The van der Waals surface area contributed by atoms with Crippen LogP contribution in [0.15, 0.2) is 18.2 Å². The predicted molar refractivity (Wildman–Crippen MR) is 90.2 cm³/mol. The van der Waals surface area contributed by atoms with Crippen molar-refractivity contribution in [2.24, 2.45) is 5.92 Å². The molecule has 2 rings (SSSR count). The molecule has 0 saturated heterocycles. The van der Waals surface area contributed by atoms with Crippen molar-refractivity contribution in [2.75, 3.05) is 13.2 Å². The van der Waals surface area contributed by atoms with E-state index in [1.54, 1.807) is 0 Å². The maximum absolute atomic E-state index is 6.05. The van der Waals surface area contributed by atoms with Crippen LogP contribution in [0.5, 0.6) is 5.75 Å². The highest BCUT2D eigenvalue weighted by Crippen LogP contribution is 2.33. The first kappa shape index (κ1) is 16.4. The van der Waals surface area contributed by atoms with Crippen molar-refractivity contribution in [3.8, 4) is 5.75 Å². The monoisotopic (exact) mass is 289 g/mol. The van der Waals surface area contributed by atoms with Crippen LogP contribution >= 0.6 is 0 Å². The van der Waals surface area contributed by atoms with Crippen LogP contribution in [0.3, 0.4) is 0 Å². The Kier molecular flexibility index (Phi) is 5.32. The largest absolute Gasteiger partial charge is 0.492 e. The Morgan fingerprint density at radius 1 is 1.29 bits per heavy atom. The molecule has 0 radical (unpaired) electrons. The lowest BCUT2D eigenvalue weighted by Crippen LogP contribution is -2.31. The summed E-state index contributed by atoms with van der Waals surface area (Å²) in [4.78, 5) is 0. The van der Waals surface area contributed by atoms with Gasteiger partial charge in [0.1, 0.15) is 12.4 Å². The highest BCUT2D eigenvalue weighted by Gasteiger charge is 2.27. The molecular formula is C19H31NO. The minimum absolute atomic E-state index is 0.120. The maximum atomic E-state index is 6.05. The Bertz CT molecular complexity index is 457. The lowest BCUT2D eigenvalue weighted by Gasteiger charge is -2.24. The Labute approximate surface area is 130 Å². The fourth-order valence-corrected chi connectivity index (χ4v) is 2.72. The fourth-order valence-electron chi connectivity index (χ4n) is 2.72. The van der Waals surface area contributed by atoms with Crippen LogP contribution in [0, 0.1) is 5.92 Å². The maximum Gasteiger partial charge on any atom is 0.123 e. The molecule has 0 aliphatic heterocycles. The molecular weight excluding hydrogens is 258 g/mol. The number of hydrogen-bond acceptors (Lipinski definition) is 2. The van der Waals surface area contributed by atoms with E-state index in [1.165, 1.54) is 24.0 Å². The highest BCUT2D eigenvalue weighted by atomic mass is 16.5. The first-order valence-electron chi connectivity index (χ1n) is 8.41. The molecule has 1 unspecified atom stereocenters. The Morgan fingerprint density at radius 2 is 2.00 bits per heavy atom. The van der Waals surface area contributed by atoms with Crippen LogP contribution in [0.4, 0.5) is 0 Å². The van der Waals surface area contributed by atoms with Gasteiger partial charge in [0.15, 0.2) is 0 Å². The first-order valence-corrected chi connectivity index (χ1v) is 8.41. The predicted octanol–water partition coefficient (Wildman–Crippen LogP) is 4.31. The van der Waals surface area contributed by atoms with Gasteiger partial charge in [-0.05, 0) is 54.7 Å². The van der Waals surface area contributed by atoms with Crippen molar-refractivity contribution in [1.82, 2.24) is 5.32 Å². The van der Waals surface area contributed by atoms with Crippen LogP contribution in [-0.4, -0.2) is 19.2 Å². The van der Waals surface area contributed by atoms with Crippen molar-refractivity contribution < 1.29 is 4.74 Å². The minimum atomic E-state index is 0.120. The summed E-state index contributed by atoms with van der Waals surface area (Å²) >= 11 is 0. The number of benzene rings is 1. The van der Waals surface area contributed by atoms with Crippen LogP contribution < -0.4 is 10.1 Å². The summed E-state index contributed by atoms with van der Waals surface area (Å²) < 4.78 is 6.05. The van der Waals surface area contributed by atoms with Gasteiger partial charge in [0.05, 0.1) is 0 Å². The number of nitrogens with one attached hydrogen (secondary N) is 1. The molecule has 1 atom stereocenters. The molecule has 1 N–H and O–H groups in total. The van der Waals surface area contributed by atoms with Crippen LogP contribution in [0.25, 0.3) is 0 Å². The van der Waals surface area contributed by atoms with Crippen molar-refractivity contribution in [3.63, 3.8) is 0 Å². The Morgan fingerprint density at radius 3 is 2.57 bits per heavy atom. The minimum Gasteiger partial charge on any atom is -0.492 e. The Balaban J connectivity index is 1.92. The Hall–Kier alpha value is -1.02. The van der Waals surface area contributed by atoms with Crippen LogP contribution in [0.1, 0.15) is 58.6 Å². The molecule has 0 amide bonds. The average Bonchev–Trinajstić information content (AvgIpc) is 3.27. The molecule has 0 aromatic heterocycles. The first-order chi connectivity index (χ1) is 9.91. The summed E-state index contributed by atoms with van der Waals surface area (Å²) in [5.74, 6) is 1.94. The molecule has 118 valence electrons. The van der Waals surface area contributed by atoms with Gasteiger partial charge in [0.25, 0.3) is 0 Å². The molecule has 0 spiro atoms. The van der Waals surface area contributed by atoms with E-state index in [1.807, 2.05) is 0 Å². The third-order valence-electron chi connectivity index (χ3n) is 4.42. The van der Waals surface area contributed by atoms with Gasteiger partial charge in [0, 0.05) is 12.6 Å². The topological polar surface area (TPSA) is 21.3 Å². The zero-order chi connectivity index (χ0) is 15.5. The van der Waals surface area contributed by atoms with E-state index in [4.69, 9.17) is 4.74 Å². The molecule has 1 saturated carbocycles. The normalized spacial score (nSPS) is 16.8. The second kappa shape index (κ2) is 6.83. The van der Waals surface area contributed by atoms with Crippen LogP contribution in [-0.2, 0) is 11.8 Å². The van der Waals surface area contributed by atoms with Gasteiger partial charge in [-0.15, -0.1) is 0 Å². The summed E-state index contributed by atoms with van der Waals surface area (Å²) in [5.41, 5.74) is 2.82. The van der Waals surface area contributed by atoms with Gasteiger partial charge in [0.2, 0.25) is 0 Å². The molecule has 1 aromatic carbocycles. The molecule has 1 fully saturated rings. The van der Waals surface area contributed by atoms with Gasteiger partial charge in [-0.25, -0.2) is 0 Å². The number of hydrogen-bond donors (Lipinski definition) is 1. The van der Waals surface area contributed by atoms with Crippen molar-refractivity contribution in [2.45, 2.75) is 65.3 Å². The summed E-state index contributed by atoms with van der Waals surface area (Å²) in [5, 5.41) is 3.57. The fraction of sp³-hybridized carbons (Fsp3) is 0.684. The second-order valence-electron chi connectivity index (χ2n) is 7.36. The quantitative estimate of drug-likeness (QED) is 0.755. The van der Waals surface area contributed by atoms with Gasteiger partial charge in [-0.2, -0.15) is 0 Å². The molecule has 21 heavy (non-hydrogen) atoms. The molecule has 2 nitrogen and oxygen atoms in total. The lowest BCUT2D eigenvalue weighted by atomic mass is 9.85. The molecule has 2 heteroatoms. The van der Waals surface area contributed by atoms with Crippen molar-refractivity contribution in [3.05, 3.63) is 29.3 Å². The summed E-state index contributed by atoms with van der Waals surface area (Å²) in [6.45, 7) is 12.9. The van der Waals surface area contributed by atoms with E-state index in [0.29, 0.717) is 6.04 Å². The highest BCUT2D eigenvalue weighted by molar-refractivity contribution is 5.41. The van der Waals surface area contributed by atoms with E-state index in [9.17, 15) is 0 Å². The van der Waals surface area contributed by atoms with Gasteiger partial charge >= 0.3 is 0 Å². The third kappa shape index (κ3) is 4.74. The number of aryl methyl sites for hydroxylation is 1. The average molecular weight is 289 g/mol. The zero-order valence-electron chi connectivity index (χ0n) is 14.3. The number of rotatable bonds is 7. The lowest BCUT2D eigenvalue weighted by molar-refractivity contribution is 0.296. The van der Waals surface area contributed by atoms with E-state index in [2.05, 4.69) is 58.1 Å². The SMILES string of the molecule is CCc1ccc(OCCNC(C)C2CC2)c(C(C)(C)C)c1. The molecule has 1 aromatic rings. The van der Waals surface area contributed by atoms with Gasteiger partial charge in [-0.1, -0.05) is 39.8 Å². The summed E-state index contributed by atoms with van der Waals surface area (Å²) in [7, 11) is 0. The van der Waals surface area contributed by atoms with E-state index in [-0.39, 0.29) is 5.41 Å².